The molecule has 2 heterocycles. The number of carbonyl (C=O) groups is 2. The molecule has 100 valence electrons. The van der Waals surface area contributed by atoms with Crippen LogP contribution in [0, 0.1) is 0 Å². The summed E-state index contributed by atoms with van der Waals surface area (Å²) in [7, 11) is 0. The van der Waals surface area contributed by atoms with Crippen LogP contribution in [0.2, 0.25) is 0 Å². The average Bonchev–Trinajstić information content (AvgIpc) is 2.79. The molecule has 4 rings (SSSR count). The highest BCUT2D eigenvalue weighted by atomic mass is 16.2. The molecule has 0 saturated carbocycles. The number of nitrogens with zero attached hydrogens (tertiary/aromatic N) is 3. The van der Waals surface area contributed by atoms with Gasteiger partial charge >= 0.3 is 0 Å². The van der Waals surface area contributed by atoms with Crippen LogP contribution < -0.4 is 4.90 Å². The SMILES string of the molecule is O=C1c2nccnc2C(=O)N1c1cccc2ccccc12. The fraction of sp³-hybridized carbons (Fsp3) is 0. The predicted octanol–water partition coefficient (Wildman–Crippen LogP) is 2.43. The highest BCUT2D eigenvalue weighted by Crippen LogP contribution is 2.31. The van der Waals surface area contributed by atoms with Gasteiger partial charge in [0.25, 0.3) is 11.8 Å². The summed E-state index contributed by atoms with van der Waals surface area (Å²) < 4.78 is 0. The van der Waals surface area contributed by atoms with E-state index >= 15 is 0 Å². The molecule has 5 nitrogen and oxygen atoms in total. The van der Waals surface area contributed by atoms with Gasteiger partial charge in [0, 0.05) is 17.8 Å². The van der Waals surface area contributed by atoms with Crippen molar-refractivity contribution in [1.29, 1.82) is 0 Å². The van der Waals surface area contributed by atoms with Crippen LogP contribution in [0.15, 0.2) is 54.9 Å². The normalized spacial score (nSPS) is 13.8. The lowest BCUT2D eigenvalue weighted by Crippen LogP contribution is -2.29. The summed E-state index contributed by atoms with van der Waals surface area (Å²) in [5.41, 5.74) is 0.772. The number of anilines is 1. The Morgan fingerprint density at radius 2 is 1.38 bits per heavy atom. The van der Waals surface area contributed by atoms with Gasteiger partial charge in [-0.25, -0.2) is 14.9 Å². The van der Waals surface area contributed by atoms with E-state index in [0.29, 0.717) is 5.69 Å². The third-order valence-electron chi connectivity index (χ3n) is 3.52. The molecule has 0 spiro atoms. The molecule has 2 aromatic carbocycles. The molecule has 0 radical (unpaired) electrons. The minimum atomic E-state index is -0.431. The van der Waals surface area contributed by atoms with Crippen LogP contribution in [0.5, 0.6) is 0 Å². The van der Waals surface area contributed by atoms with E-state index in [2.05, 4.69) is 9.97 Å². The molecule has 0 bridgehead atoms. The van der Waals surface area contributed by atoms with Crippen molar-refractivity contribution >= 4 is 28.3 Å². The zero-order valence-corrected chi connectivity index (χ0v) is 10.9. The number of rotatable bonds is 1. The second kappa shape index (κ2) is 4.21. The van der Waals surface area contributed by atoms with Gasteiger partial charge in [0.15, 0.2) is 11.4 Å². The first kappa shape index (κ1) is 11.7. The number of hydrogen-bond acceptors (Lipinski definition) is 4. The summed E-state index contributed by atoms with van der Waals surface area (Å²) in [6.07, 6.45) is 2.83. The Labute approximate surface area is 119 Å². The zero-order valence-electron chi connectivity index (χ0n) is 10.9. The quantitative estimate of drug-likeness (QED) is 0.640. The number of fused-ring (bicyclic) bond motifs is 2. The molecule has 5 heteroatoms. The third kappa shape index (κ3) is 1.57. The monoisotopic (exact) mass is 275 g/mol. The van der Waals surface area contributed by atoms with Crippen LogP contribution in [0.4, 0.5) is 5.69 Å². The van der Waals surface area contributed by atoms with Crippen molar-refractivity contribution in [2.24, 2.45) is 0 Å². The van der Waals surface area contributed by atoms with Crippen LogP contribution in [0.25, 0.3) is 10.8 Å². The van der Waals surface area contributed by atoms with Crippen molar-refractivity contribution in [2.45, 2.75) is 0 Å². The minimum absolute atomic E-state index is 0.107. The summed E-state index contributed by atoms with van der Waals surface area (Å²) in [5, 5.41) is 1.81. The molecular formula is C16H9N3O2. The van der Waals surface area contributed by atoms with Gasteiger partial charge in [0.05, 0.1) is 5.69 Å². The van der Waals surface area contributed by atoms with E-state index < -0.39 is 11.8 Å². The molecule has 1 aliphatic heterocycles. The maximum atomic E-state index is 12.5. The molecule has 1 aliphatic rings. The lowest BCUT2D eigenvalue weighted by molar-refractivity contribution is 0.0924. The van der Waals surface area contributed by atoms with Gasteiger partial charge in [0.2, 0.25) is 0 Å². The number of carbonyl (C=O) groups excluding carboxylic acids is 2. The number of amides is 2. The van der Waals surface area contributed by atoms with Crippen molar-refractivity contribution in [3.8, 4) is 0 Å². The maximum absolute atomic E-state index is 12.5. The van der Waals surface area contributed by atoms with E-state index in [1.165, 1.54) is 12.4 Å². The number of hydrogen-bond donors (Lipinski definition) is 0. The van der Waals surface area contributed by atoms with E-state index in [1.807, 2.05) is 36.4 Å². The van der Waals surface area contributed by atoms with Gasteiger partial charge in [0.1, 0.15) is 0 Å². The molecule has 3 aromatic rings. The van der Waals surface area contributed by atoms with Crippen LogP contribution in [-0.4, -0.2) is 21.8 Å². The first-order valence-corrected chi connectivity index (χ1v) is 6.45. The van der Waals surface area contributed by atoms with Crippen LogP contribution in [0.3, 0.4) is 0 Å². The average molecular weight is 275 g/mol. The molecule has 0 fully saturated rings. The van der Waals surface area contributed by atoms with Crippen LogP contribution in [-0.2, 0) is 0 Å². The highest BCUT2D eigenvalue weighted by molar-refractivity contribution is 6.34. The largest absolute Gasteiger partial charge is 0.286 e. The first-order valence-electron chi connectivity index (χ1n) is 6.45. The van der Waals surface area contributed by atoms with Gasteiger partial charge < -0.3 is 0 Å². The van der Waals surface area contributed by atoms with Gasteiger partial charge in [-0.2, -0.15) is 0 Å². The molecule has 0 N–H and O–H groups in total. The Bertz CT molecular complexity index is 864. The Kier molecular flexibility index (Phi) is 2.35. The molecular weight excluding hydrogens is 266 g/mol. The summed E-state index contributed by atoms with van der Waals surface area (Å²) in [6, 6.07) is 13.1. The van der Waals surface area contributed by atoms with E-state index in [1.54, 1.807) is 6.07 Å². The van der Waals surface area contributed by atoms with Crippen molar-refractivity contribution in [1.82, 2.24) is 9.97 Å². The second-order valence-corrected chi connectivity index (χ2v) is 4.70. The van der Waals surface area contributed by atoms with Crippen molar-refractivity contribution in [3.05, 3.63) is 66.2 Å². The van der Waals surface area contributed by atoms with Crippen molar-refractivity contribution in [3.63, 3.8) is 0 Å². The van der Waals surface area contributed by atoms with E-state index in [0.717, 1.165) is 15.7 Å². The number of aromatic nitrogens is 2. The first-order chi connectivity index (χ1) is 10.3. The lowest BCUT2D eigenvalue weighted by Gasteiger charge is -2.15. The molecule has 0 unspecified atom stereocenters. The molecule has 0 aliphatic carbocycles. The molecule has 1 aromatic heterocycles. The summed E-state index contributed by atoms with van der Waals surface area (Å²) >= 11 is 0. The van der Waals surface area contributed by atoms with Gasteiger partial charge in [-0.15, -0.1) is 0 Å². The fourth-order valence-corrected chi connectivity index (χ4v) is 2.58. The zero-order chi connectivity index (χ0) is 14.4. The van der Waals surface area contributed by atoms with E-state index in [-0.39, 0.29) is 11.4 Å². The third-order valence-corrected chi connectivity index (χ3v) is 3.52. The molecule has 0 saturated heterocycles. The number of imide groups is 1. The van der Waals surface area contributed by atoms with Gasteiger partial charge in [-0.05, 0) is 11.5 Å². The molecule has 0 atom stereocenters. The maximum Gasteiger partial charge on any atom is 0.286 e. The van der Waals surface area contributed by atoms with Crippen molar-refractivity contribution in [2.75, 3.05) is 4.90 Å². The standard InChI is InChI=1S/C16H9N3O2/c20-15-13-14(18-9-8-17-13)16(21)19(15)12-7-3-5-10-4-1-2-6-11(10)12/h1-9H. The summed E-state index contributed by atoms with van der Waals surface area (Å²) in [6.45, 7) is 0. The molecule has 21 heavy (non-hydrogen) atoms. The molecule has 2 amide bonds. The van der Waals surface area contributed by atoms with E-state index in [4.69, 9.17) is 0 Å². The van der Waals surface area contributed by atoms with E-state index in [9.17, 15) is 9.59 Å². The Hall–Kier alpha value is -3.08. The van der Waals surface area contributed by atoms with Gasteiger partial charge in [-0.1, -0.05) is 36.4 Å². The smallest absolute Gasteiger partial charge is 0.266 e. The summed E-state index contributed by atoms with van der Waals surface area (Å²) in [4.78, 5) is 34.0. The fourth-order valence-electron chi connectivity index (χ4n) is 2.58. The lowest BCUT2D eigenvalue weighted by atomic mass is 10.1. The second-order valence-electron chi connectivity index (χ2n) is 4.70. The topological polar surface area (TPSA) is 63.2 Å². The van der Waals surface area contributed by atoms with Crippen molar-refractivity contribution < 1.29 is 9.59 Å². The van der Waals surface area contributed by atoms with Crippen LogP contribution >= 0.6 is 0 Å². The predicted molar refractivity (Wildman–Crippen MR) is 77.1 cm³/mol. The number of benzene rings is 2. The van der Waals surface area contributed by atoms with Gasteiger partial charge in [-0.3, -0.25) is 9.59 Å². The summed E-state index contributed by atoms with van der Waals surface area (Å²) in [5.74, 6) is -0.862. The minimum Gasteiger partial charge on any atom is -0.266 e. The Morgan fingerprint density at radius 3 is 2.10 bits per heavy atom. The Morgan fingerprint density at radius 1 is 0.762 bits per heavy atom. The Balaban J connectivity index is 1.95. The van der Waals surface area contributed by atoms with Crippen LogP contribution in [0.1, 0.15) is 21.0 Å². The highest BCUT2D eigenvalue weighted by Gasteiger charge is 2.39.